The van der Waals surface area contributed by atoms with Crippen molar-refractivity contribution in [3.05, 3.63) is 237 Å². The predicted molar refractivity (Wildman–Crippen MR) is 274 cm³/mol. The number of rotatable bonds is 7. The van der Waals surface area contributed by atoms with Gasteiger partial charge in [-0.25, -0.2) is 0 Å². The van der Waals surface area contributed by atoms with Crippen LogP contribution in [0.25, 0.3) is 97.4 Å². The van der Waals surface area contributed by atoms with Crippen LogP contribution in [0.4, 0.5) is 17.1 Å². The van der Waals surface area contributed by atoms with Gasteiger partial charge < -0.3 is 14.0 Å². The Morgan fingerprint density at radius 2 is 0.688 bits per heavy atom. The van der Waals surface area contributed by atoms with Gasteiger partial charge in [0.2, 0.25) is 0 Å². The highest BCUT2D eigenvalue weighted by atomic mass is 32.1. The zero-order chi connectivity index (χ0) is 42.1. The third kappa shape index (κ3) is 5.88. The fourth-order valence-electron chi connectivity index (χ4n) is 9.92. The van der Waals surface area contributed by atoms with E-state index < -0.39 is 0 Å². The Kier molecular flexibility index (Phi) is 8.40. The summed E-state index contributed by atoms with van der Waals surface area (Å²) in [7, 11) is 0. The monoisotopic (exact) mass is 833 g/mol. The van der Waals surface area contributed by atoms with Gasteiger partial charge >= 0.3 is 0 Å². The lowest BCUT2D eigenvalue weighted by atomic mass is 10.0. The minimum atomic E-state index is 1.12. The molecular formula is C60H39N3S. The van der Waals surface area contributed by atoms with Crippen molar-refractivity contribution in [3.8, 4) is 33.6 Å². The maximum Gasteiger partial charge on any atom is 0.0547 e. The van der Waals surface area contributed by atoms with Crippen LogP contribution in [0, 0.1) is 0 Å². The highest BCUT2D eigenvalue weighted by Gasteiger charge is 2.17. The predicted octanol–water partition coefficient (Wildman–Crippen LogP) is 17.1. The molecule has 13 rings (SSSR count). The fourth-order valence-corrected chi connectivity index (χ4v) is 11.0. The summed E-state index contributed by atoms with van der Waals surface area (Å²) in [6, 6.07) is 86.3. The Labute approximate surface area is 374 Å². The smallest absolute Gasteiger partial charge is 0.0547 e. The van der Waals surface area contributed by atoms with Crippen molar-refractivity contribution < 1.29 is 0 Å². The molecule has 0 aliphatic carbocycles. The molecule has 0 fully saturated rings. The van der Waals surface area contributed by atoms with Gasteiger partial charge in [-0.05, 0) is 119 Å². The summed E-state index contributed by atoms with van der Waals surface area (Å²) < 4.78 is 7.41. The molecule has 3 aromatic heterocycles. The highest BCUT2D eigenvalue weighted by molar-refractivity contribution is 7.25. The van der Waals surface area contributed by atoms with Gasteiger partial charge in [0.05, 0.1) is 22.1 Å². The molecule has 0 saturated heterocycles. The summed E-state index contributed by atoms with van der Waals surface area (Å²) in [6.45, 7) is 0. The third-order valence-electron chi connectivity index (χ3n) is 12.9. The van der Waals surface area contributed by atoms with E-state index in [0.717, 1.165) is 28.4 Å². The summed E-state index contributed by atoms with van der Waals surface area (Å²) in [6.07, 6.45) is 0. The van der Waals surface area contributed by atoms with Gasteiger partial charge in [-0.15, -0.1) is 11.3 Å². The number of benzene rings is 10. The average Bonchev–Trinajstić information content (AvgIpc) is 4.02. The maximum absolute atomic E-state index is 2.42. The number of anilines is 3. The molecule has 0 aliphatic rings. The van der Waals surface area contributed by atoms with Crippen molar-refractivity contribution in [2.75, 3.05) is 4.90 Å². The van der Waals surface area contributed by atoms with Crippen LogP contribution in [0.1, 0.15) is 0 Å². The number of thiophene rings is 1. The normalized spacial score (nSPS) is 11.8. The molecule has 0 amide bonds. The van der Waals surface area contributed by atoms with E-state index in [-0.39, 0.29) is 0 Å². The molecule has 0 saturated carbocycles. The number of aromatic nitrogens is 2. The summed E-state index contributed by atoms with van der Waals surface area (Å²) in [5.41, 5.74) is 15.2. The zero-order valence-corrected chi connectivity index (χ0v) is 35.6. The third-order valence-corrected chi connectivity index (χ3v) is 14.1. The van der Waals surface area contributed by atoms with E-state index in [4.69, 9.17) is 0 Å². The quantitative estimate of drug-likeness (QED) is 0.156. The molecule has 13 aromatic rings. The second-order valence-electron chi connectivity index (χ2n) is 16.5. The van der Waals surface area contributed by atoms with Gasteiger partial charge in [0.25, 0.3) is 0 Å². The van der Waals surface area contributed by atoms with Crippen LogP contribution in [-0.4, -0.2) is 9.13 Å². The van der Waals surface area contributed by atoms with E-state index in [2.05, 4.69) is 251 Å². The number of nitrogens with zero attached hydrogens (tertiary/aromatic N) is 3. The maximum atomic E-state index is 2.42. The molecule has 0 N–H and O–H groups in total. The molecule has 10 aromatic carbocycles. The summed E-state index contributed by atoms with van der Waals surface area (Å²) in [4.78, 5) is 2.36. The second kappa shape index (κ2) is 14.7. The molecule has 64 heavy (non-hydrogen) atoms. The van der Waals surface area contributed by atoms with E-state index in [1.807, 2.05) is 11.3 Å². The van der Waals surface area contributed by atoms with Crippen molar-refractivity contribution in [1.29, 1.82) is 0 Å². The molecule has 0 radical (unpaired) electrons. The van der Waals surface area contributed by atoms with Gasteiger partial charge in [0.1, 0.15) is 0 Å². The Hall–Kier alpha value is -8.18. The number of hydrogen-bond acceptors (Lipinski definition) is 2. The van der Waals surface area contributed by atoms with Crippen LogP contribution in [0.5, 0.6) is 0 Å². The molecule has 300 valence electrons. The lowest BCUT2D eigenvalue weighted by Gasteiger charge is -2.26. The molecule has 0 atom stereocenters. The first-order valence-corrected chi connectivity index (χ1v) is 22.6. The van der Waals surface area contributed by atoms with Crippen molar-refractivity contribution >= 4 is 92.2 Å². The second-order valence-corrected chi connectivity index (χ2v) is 17.6. The van der Waals surface area contributed by atoms with Crippen LogP contribution in [-0.2, 0) is 0 Å². The topological polar surface area (TPSA) is 13.1 Å². The Bertz CT molecular complexity index is 3820. The molecular weight excluding hydrogens is 795 g/mol. The minimum absolute atomic E-state index is 1.12. The summed E-state index contributed by atoms with van der Waals surface area (Å²) in [5, 5.41) is 7.63. The lowest BCUT2D eigenvalue weighted by Crippen LogP contribution is -2.09. The van der Waals surface area contributed by atoms with Crippen LogP contribution in [0.3, 0.4) is 0 Å². The first kappa shape index (κ1) is 36.5. The van der Waals surface area contributed by atoms with Crippen LogP contribution in [0.2, 0.25) is 0 Å². The van der Waals surface area contributed by atoms with E-state index in [9.17, 15) is 0 Å². The molecule has 0 bridgehead atoms. The zero-order valence-electron chi connectivity index (χ0n) is 34.8. The van der Waals surface area contributed by atoms with Gasteiger partial charge in [0, 0.05) is 70.2 Å². The van der Waals surface area contributed by atoms with E-state index >= 15 is 0 Å². The number of fused-ring (bicyclic) bond motifs is 9. The molecule has 3 heterocycles. The SMILES string of the molecule is c1ccc(N(c2ccc(-c3ccc4c5ccccc5n(-c5ccc(-c6ccc(-n7c8ccccc8c8ccccc87)cc6)cc5)c4c3)cc2)c2ccc3sc4ccccc4c3c2)cc1. The number of hydrogen-bond donors (Lipinski definition) is 0. The minimum Gasteiger partial charge on any atom is -0.310 e. The van der Waals surface area contributed by atoms with Crippen LogP contribution < -0.4 is 4.90 Å². The first-order chi connectivity index (χ1) is 31.7. The molecule has 0 unspecified atom stereocenters. The Morgan fingerprint density at radius 1 is 0.266 bits per heavy atom. The first-order valence-electron chi connectivity index (χ1n) is 21.8. The lowest BCUT2D eigenvalue weighted by molar-refractivity contribution is 1.18. The summed E-state index contributed by atoms with van der Waals surface area (Å²) in [5.74, 6) is 0. The van der Waals surface area contributed by atoms with Crippen molar-refractivity contribution in [2.24, 2.45) is 0 Å². The van der Waals surface area contributed by atoms with Gasteiger partial charge in [-0.1, -0.05) is 140 Å². The van der Waals surface area contributed by atoms with Crippen LogP contribution in [0.15, 0.2) is 237 Å². The van der Waals surface area contributed by atoms with E-state index in [1.165, 1.54) is 86.0 Å². The van der Waals surface area contributed by atoms with Crippen molar-refractivity contribution in [2.45, 2.75) is 0 Å². The Morgan fingerprint density at radius 3 is 1.30 bits per heavy atom. The Balaban J connectivity index is 0.846. The molecule has 0 spiro atoms. The number of para-hydroxylation sites is 4. The molecule has 4 heteroatoms. The summed E-state index contributed by atoms with van der Waals surface area (Å²) >= 11 is 1.85. The van der Waals surface area contributed by atoms with Gasteiger partial charge in [0.15, 0.2) is 0 Å². The van der Waals surface area contributed by atoms with E-state index in [0.29, 0.717) is 0 Å². The standard InChI is InChI=1S/C60H39N3S/c1-2-12-44(13-3-1)61(48-35-37-60-54(39-48)53-17-7-11-21-59(53)64-60)45-29-26-42(27-30-45)43-28-36-52-51-16-6-10-20-57(51)63(58(52)38-43)47-33-24-41(25-34-47)40-22-31-46(32-23-40)62-55-18-8-4-14-49(55)50-15-5-9-19-56(50)62/h1-39H. The molecule has 3 nitrogen and oxygen atoms in total. The van der Waals surface area contributed by atoms with Gasteiger partial charge in [-0.3, -0.25) is 0 Å². The van der Waals surface area contributed by atoms with Crippen LogP contribution >= 0.6 is 11.3 Å². The largest absolute Gasteiger partial charge is 0.310 e. The highest BCUT2D eigenvalue weighted by Crippen LogP contribution is 2.42. The van der Waals surface area contributed by atoms with Crippen molar-refractivity contribution in [3.63, 3.8) is 0 Å². The fraction of sp³-hybridized carbons (Fsp3) is 0. The van der Waals surface area contributed by atoms with Gasteiger partial charge in [-0.2, -0.15) is 0 Å². The van der Waals surface area contributed by atoms with Crippen molar-refractivity contribution in [1.82, 2.24) is 9.13 Å². The average molecular weight is 834 g/mol. The van der Waals surface area contributed by atoms with E-state index in [1.54, 1.807) is 0 Å². The molecule has 0 aliphatic heterocycles.